The summed E-state index contributed by atoms with van der Waals surface area (Å²) in [7, 11) is 0. The number of ketones is 1. The highest BCUT2D eigenvalue weighted by Crippen LogP contribution is 2.12. The normalized spacial score (nSPS) is 10.5. The maximum Gasteiger partial charge on any atom is 0.159 e. The minimum atomic E-state index is 0.0249. The van der Waals surface area contributed by atoms with Gasteiger partial charge < -0.3 is 5.73 Å². The molecule has 0 atom stereocenters. The average molecular weight is 201 g/mol. The largest absolute Gasteiger partial charge is 0.325 e. The predicted molar refractivity (Wildman–Crippen MR) is 57.4 cm³/mol. The Labute approximate surface area is 87.1 Å². The van der Waals surface area contributed by atoms with Crippen molar-refractivity contribution in [3.8, 4) is 0 Å². The van der Waals surface area contributed by atoms with E-state index in [1.807, 2.05) is 0 Å². The van der Waals surface area contributed by atoms with Gasteiger partial charge >= 0.3 is 0 Å². The van der Waals surface area contributed by atoms with Crippen molar-refractivity contribution in [3.05, 3.63) is 35.7 Å². The van der Waals surface area contributed by atoms with E-state index in [-0.39, 0.29) is 5.78 Å². The number of fused-ring (bicyclic) bond motifs is 1. The standard InChI is InChI=1S/C11H11N3O/c1-7(15)8-2-3-10-11(4-8)14-9(5-12)6-13-10/h2-4,6H,5,12H2,1H3. The molecule has 0 bridgehead atoms. The van der Waals surface area contributed by atoms with Crippen LogP contribution in [-0.4, -0.2) is 15.8 Å². The molecule has 2 aromatic rings. The lowest BCUT2D eigenvalue weighted by molar-refractivity contribution is 0.101. The van der Waals surface area contributed by atoms with Crippen LogP contribution in [0.4, 0.5) is 0 Å². The van der Waals surface area contributed by atoms with E-state index in [0.29, 0.717) is 17.6 Å². The van der Waals surface area contributed by atoms with Crippen molar-refractivity contribution < 1.29 is 4.79 Å². The van der Waals surface area contributed by atoms with Gasteiger partial charge in [0.1, 0.15) is 0 Å². The molecule has 4 heteroatoms. The molecule has 15 heavy (non-hydrogen) atoms. The SMILES string of the molecule is CC(=O)c1ccc2ncc(CN)nc2c1. The fourth-order valence-electron chi connectivity index (χ4n) is 1.37. The molecule has 2 N–H and O–H groups in total. The van der Waals surface area contributed by atoms with E-state index in [1.54, 1.807) is 24.4 Å². The van der Waals surface area contributed by atoms with Crippen LogP contribution in [0.5, 0.6) is 0 Å². The first-order chi connectivity index (χ1) is 7.20. The zero-order chi connectivity index (χ0) is 10.8. The molecule has 0 fully saturated rings. The molecular formula is C11H11N3O. The lowest BCUT2D eigenvalue weighted by Gasteiger charge is -2.01. The second-order valence-corrected chi connectivity index (χ2v) is 3.33. The Hall–Kier alpha value is -1.81. The van der Waals surface area contributed by atoms with Crippen LogP contribution in [0.1, 0.15) is 23.0 Å². The minimum Gasteiger partial charge on any atom is -0.325 e. The van der Waals surface area contributed by atoms with Crippen LogP contribution >= 0.6 is 0 Å². The van der Waals surface area contributed by atoms with Gasteiger partial charge in [0.15, 0.2) is 5.78 Å². The molecule has 0 saturated heterocycles. The van der Waals surface area contributed by atoms with E-state index < -0.39 is 0 Å². The highest BCUT2D eigenvalue weighted by Gasteiger charge is 2.03. The van der Waals surface area contributed by atoms with Crippen molar-refractivity contribution >= 4 is 16.8 Å². The first kappa shape index (κ1) is 9.73. The summed E-state index contributed by atoms with van der Waals surface area (Å²) in [6.07, 6.45) is 1.65. The maximum absolute atomic E-state index is 11.2. The molecule has 0 spiro atoms. The van der Waals surface area contributed by atoms with Gasteiger partial charge in [0, 0.05) is 12.1 Å². The fraction of sp³-hybridized carbons (Fsp3) is 0.182. The number of nitrogens with two attached hydrogens (primary N) is 1. The van der Waals surface area contributed by atoms with Gasteiger partial charge in [-0.15, -0.1) is 0 Å². The van der Waals surface area contributed by atoms with Crippen LogP contribution in [-0.2, 0) is 6.54 Å². The molecule has 1 aromatic carbocycles. The van der Waals surface area contributed by atoms with Gasteiger partial charge in [-0.25, -0.2) is 4.98 Å². The molecule has 0 radical (unpaired) electrons. The van der Waals surface area contributed by atoms with Gasteiger partial charge in [0.05, 0.1) is 22.9 Å². The van der Waals surface area contributed by atoms with Crippen LogP contribution < -0.4 is 5.73 Å². The van der Waals surface area contributed by atoms with Gasteiger partial charge in [0.2, 0.25) is 0 Å². The molecule has 0 saturated carbocycles. The summed E-state index contributed by atoms with van der Waals surface area (Å²) in [5.74, 6) is 0.0249. The van der Waals surface area contributed by atoms with E-state index in [2.05, 4.69) is 9.97 Å². The van der Waals surface area contributed by atoms with Crippen molar-refractivity contribution in [3.63, 3.8) is 0 Å². The lowest BCUT2D eigenvalue weighted by atomic mass is 10.1. The Morgan fingerprint density at radius 2 is 2.20 bits per heavy atom. The molecular weight excluding hydrogens is 190 g/mol. The fourth-order valence-corrected chi connectivity index (χ4v) is 1.37. The van der Waals surface area contributed by atoms with E-state index in [0.717, 1.165) is 11.2 Å². The second-order valence-electron chi connectivity index (χ2n) is 3.33. The number of rotatable bonds is 2. The molecule has 1 heterocycles. The molecule has 0 aliphatic heterocycles. The number of Topliss-reactive ketones (excluding diaryl/α,β-unsaturated/α-hetero) is 1. The van der Waals surface area contributed by atoms with Gasteiger partial charge in [-0.3, -0.25) is 9.78 Å². The maximum atomic E-state index is 11.2. The number of hydrogen-bond donors (Lipinski definition) is 1. The summed E-state index contributed by atoms with van der Waals surface area (Å²) in [5, 5.41) is 0. The summed E-state index contributed by atoms with van der Waals surface area (Å²) < 4.78 is 0. The van der Waals surface area contributed by atoms with E-state index in [9.17, 15) is 4.79 Å². The van der Waals surface area contributed by atoms with Gasteiger partial charge in [-0.2, -0.15) is 0 Å². The van der Waals surface area contributed by atoms with Crippen LogP contribution in [0.2, 0.25) is 0 Å². The summed E-state index contributed by atoms with van der Waals surface area (Å²) >= 11 is 0. The first-order valence-electron chi connectivity index (χ1n) is 4.67. The third-order valence-corrected chi connectivity index (χ3v) is 2.21. The third-order valence-electron chi connectivity index (χ3n) is 2.21. The van der Waals surface area contributed by atoms with Crippen LogP contribution in [0.3, 0.4) is 0 Å². The molecule has 0 amide bonds. The van der Waals surface area contributed by atoms with Gasteiger partial charge in [-0.05, 0) is 25.1 Å². The smallest absolute Gasteiger partial charge is 0.159 e. The van der Waals surface area contributed by atoms with Crippen LogP contribution in [0, 0.1) is 0 Å². The topological polar surface area (TPSA) is 68.9 Å². The lowest BCUT2D eigenvalue weighted by Crippen LogP contribution is -2.01. The van der Waals surface area contributed by atoms with E-state index >= 15 is 0 Å². The summed E-state index contributed by atoms with van der Waals surface area (Å²) in [6, 6.07) is 5.28. The van der Waals surface area contributed by atoms with Crippen LogP contribution in [0.25, 0.3) is 11.0 Å². The Morgan fingerprint density at radius 3 is 2.87 bits per heavy atom. The zero-order valence-electron chi connectivity index (χ0n) is 8.40. The first-order valence-corrected chi connectivity index (χ1v) is 4.67. The second kappa shape index (κ2) is 3.74. The zero-order valence-corrected chi connectivity index (χ0v) is 8.40. The number of aromatic nitrogens is 2. The van der Waals surface area contributed by atoms with Crippen molar-refractivity contribution in [2.75, 3.05) is 0 Å². The Kier molecular flexibility index (Phi) is 2.43. The van der Waals surface area contributed by atoms with Crippen molar-refractivity contribution in [2.24, 2.45) is 5.73 Å². The molecule has 0 unspecified atom stereocenters. The average Bonchev–Trinajstić information content (AvgIpc) is 2.27. The summed E-state index contributed by atoms with van der Waals surface area (Å²) in [5.41, 5.74) is 8.33. The van der Waals surface area contributed by atoms with E-state index in [4.69, 9.17) is 5.73 Å². The Bertz CT molecular complexity index is 522. The van der Waals surface area contributed by atoms with Crippen molar-refractivity contribution in [1.29, 1.82) is 0 Å². The minimum absolute atomic E-state index is 0.0249. The van der Waals surface area contributed by atoms with Gasteiger partial charge in [0.25, 0.3) is 0 Å². The quantitative estimate of drug-likeness (QED) is 0.743. The highest BCUT2D eigenvalue weighted by molar-refractivity contribution is 5.97. The molecule has 4 nitrogen and oxygen atoms in total. The van der Waals surface area contributed by atoms with Gasteiger partial charge in [-0.1, -0.05) is 0 Å². The number of nitrogens with zero attached hydrogens (tertiary/aromatic N) is 2. The molecule has 76 valence electrons. The molecule has 2 rings (SSSR count). The Balaban J connectivity index is 2.62. The number of hydrogen-bond acceptors (Lipinski definition) is 4. The summed E-state index contributed by atoms with van der Waals surface area (Å²) in [6.45, 7) is 1.88. The number of carbonyl (C=O) groups is 1. The molecule has 1 aromatic heterocycles. The summed E-state index contributed by atoms with van der Waals surface area (Å²) in [4.78, 5) is 19.7. The highest BCUT2D eigenvalue weighted by atomic mass is 16.1. The van der Waals surface area contributed by atoms with E-state index in [1.165, 1.54) is 6.92 Å². The van der Waals surface area contributed by atoms with Crippen molar-refractivity contribution in [2.45, 2.75) is 13.5 Å². The van der Waals surface area contributed by atoms with Crippen molar-refractivity contribution in [1.82, 2.24) is 9.97 Å². The Morgan fingerprint density at radius 1 is 1.40 bits per heavy atom. The molecule has 0 aliphatic carbocycles. The molecule has 0 aliphatic rings. The number of benzene rings is 1. The predicted octanol–water partition coefficient (Wildman–Crippen LogP) is 1.29. The monoisotopic (exact) mass is 201 g/mol. The number of carbonyl (C=O) groups excluding carboxylic acids is 1. The third kappa shape index (κ3) is 1.85. The van der Waals surface area contributed by atoms with Crippen LogP contribution in [0.15, 0.2) is 24.4 Å².